The number of carbonyl (C=O) groups is 2. The largest absolute Gasteiger partial charge is 0.369 e. The van der Waals surface area contributed by atoms with Crippen molar-refractivity contribution in [3.63, 3.8) is 0 Å². The normalized spacial score (nSPS) is 15.9. The molecule has 1 aromatic carbocycles. The standard InChI is InChI=1S/C14H18N2O2/c1-10(14(15)18)8-13(17)16-7-6-11-4-2-3-5-12(11)9-16/h2-5,10H,6-9H2,1H3,(H2,15,18). The van der Waals surface area contributed by atoms with Crippen LogP contribution in [-0.4, -0.2) is 23.3 Å². The van der Waals surface area contributed by atoms with E-state index in [1.807, 2.05) is 23.1 Å². The highest BCUT2D eigenvalue weighted by molar-refractivity contribution is 5.84. The summed E-state index contributed by atoms with van der Waals surface area (Å²) in [5, 5.41) is 0. The van der Waals surface area contributed by atoms with Gasteiger partial charge in [0.15, 0.2) is 0 Å². The van der Waals surface area contributed by atoms with Gasteiger partial charge in [0.25, 0.3) is 0 Å². The Morgan fingerprint density at radius 2 is 2.00 bits per heavy atom. The summed E-state index contributed by atoms with van der Waals surface area (Å²) in [7, 11) is 0. The van der Waals surface area contributed by atoms with E-state index in [0.29, 0.717) is 6.54 Å². The minimum absolute atomic E-state index is 0.0100. The first kappa shape index (κ1) is 12.6. The Kier molecular flexibility index (Phi) is 3.65. The number of primary amides is 1. The minimum atomic E-state index is -0.416. The van der Waals surface area contributed by atoms with E-state index in [2.05, 4.69) is 6.07 Å². The molecule has 4 heteroatoms. The Labute approximate surface area is 107 Å². The predicted molar refractivity (Wildman–Crippen MR) is 68.5 cm³/mol. The Hall–Kier alpha value is -1.84. The van der Waals surface area contributed by atoms with Gasteiger partial charge in [0, 0.05) is 25.4 Å². The minimum Gasteiger partial charge on any atom is -0.369 e. The van der Waals surface area contributed by atoms with Gasteiger partial charge in [0.1, 0.15) is 0 Å². The maximum absolute atomic E-state index is 12.0. The van der Waals surface area contributed by atoms with Crippen LogP contribution >= 0.6 is 0 Å². The molecule has 0 saturated carbocycles. The molecule has 4 nitrogen and oxygen atoms in total. The molecular formula is C14H18N2O2. The van der Waals surface area contributed by atoms with Crippen LogP contribution in [0.5, 0.6) is 0 Å². The number of rotatable bonds is 3. The molecular weight excluding hydrogens is 228 g/mol. The number of nitrogens with two attached hydrogens (primary N) is 1. The zero-order valence-electron chi connectivity index (χ0n) is 10.6. The molecule has 96 valence electrons. The van der Waals surface area contributed by atoms with Gasteiger partial charge in [-0.3, -0.25) is 9.59 Å². The average Bonchev–Trinajstić information content (AvgIpc) is 2.37. The van der Waals surface area contributed by atoms with Crippen molar-refractivity contribution in [2.24, 2.45) is 11.7 Å². The maximum atomic E-state index is 12.0. The summed E-state index contributed by atoms with van der Waals surface area (Å²) in [6, 6.07) is 8.15. The lowest BCUT2D eigenvalue weighted by Crippen LogP contribution is -2.38. The summed E-state index contributed by atoms with van der Waals surface area (Å²) < 4.78 is 0. The molecule has 0 aliphatic carbocycles. The number of benzene rings is 1. The van der Waals surface area contributed by atoms with Crippen LogP contribution in [0.1, 0.15) is 24.5 Å². The van der Waals surface area contributed by atoms with E-state index in [9.17, 15) is 9.59 Å². The van der Waals surface area contributed by atoms with Gasteiger partial charge in [-0.25, -0.2) is 0 Å². The Morgan fingerprint density at radius 1 is 1.33 bits per heavy atom. The third-order valence-electron chi connectivity index (χ3n) is 3.45. The fourth-order valence-corrected chi connectivity index (χ4v) is 2.20. The molecule has 2 rings (SSSR count). The van der Waals surface area contributed by atoms with Crippen molar-refractivity contribution in [3.8, 4) is 0 Å². The fraction of sp³-hybridized carbons (Fsp3) is 0.429. The van der Waals surface area contributed by atoms with Crippen molar-refractivity contribution in [1.82, 2.24) is 4.90 Å². The van der Waals surface area contributed by atoms with Crippen molar-refractivity contribution in [3.05, 3.63) is 35.4 Å². The molecule has 1 unspecified atom stereocenters. The summed E-state index contributed by atoms with van der Waals surface area (Å²) in [5.74, 6) is -0.800. The Balaban J connectivity index is 2.00. The van der Waals surface area contributed by atoms with Crippen LogP contribution in [0.25, 0.3) is 0 Å². The molecule has 0 bridgehead atoms. The van der Waals surface area contributed by atoms with Crippen molar-refractivity contribution >= 4 is 11.8 Å². The van der Waals surface area contributed by atoms with E-state index in [1.54, 1.807) is 6.92 Å². The molecule has 1 aliphatic heterocycles. The van der Waals surface area contributed by atoms with E-state index in [0.717, 1.165) is 13.0 Å². The maximum Gasteiger partial charge on any atom is 0.223 e. The van der Waals surface area contributed by atoms with Crippen molar-refractivity contribution in [2.75, 3.05) is 6.54 Å². The molecule has 1 atom stereocenters. The van der Waals surface area contributed by atoms with Crippen molar-refractivity contribution in [1.29, 1.82) is 0 Å². The monoisotopic (exact) mass is 246 g/mol. The van der Waals surface area contributed by atoms with Crippen LogP contribution in [0.3, 0.4) is 0 Å². The quantitative estimate of drug-likeness (QED) is 0.867. The van der Waals surface area contributed by atoms with Crippen molar-refractivity contribution < 1.29 is 9.59 Å². The van der Waals surface area contributed by atoms with E-state index < -0.39 is 11.8 Å². The number of fused-ring (bicyclic) bond motifs is 1. The number of carbonyl (C=O) groups excluding carboxylic acids is 2. The van der Waals surface area contributed by atoms with E-state index in [-0.39, 0.29) is 12.3 Å². The summed E-state index contributed by atoms with van der Waals surface area (Å²) >= 11 is 0. The SMILES string of the molecule is CC(CC(=O)N1CCc2ccccc2C1)C(N)=O. The highest BCUT2D eigenvalue weighted by atomic mass is 16.2. The van der Waals surface area contributed by atoms with Crippen LogP contribution in [0.4, 0.5) is 0 Å². The second-order valence-corrected chi connectivity index (χ2v) is 4.84. The zero-order chi connectivity index (χ0) is 13.1. The number of amides is 2. The van der Waals surface area contributed by atoms with Gasteiger partial charge in [-0.2, -0.15) is 0 Å². The second-order valence-electron chi connectivity index (χ2n) is 4.84. The number of hydrogen-bond donors (Lipinski definition) is 1. The Morgan fingerprint density at radius 3 is 2.67 bits per heavy atom. The first-order chi connectivity index (χ1) is 8.58. The van der Waals surface area contributed by atoms with Crippen LogP contribution in [0.15, 0.2) is 24.3 Å². The van der Waals surface area contributed by atoms with Crippen LogP contribution in [0.2, 0.25) is 0 Å². The van der Waals surface area contributed by atoms with Gasteiger partial charge in [-0.15, -0.1) is 0 Å². The molecule has 0 aromatic heterocycles. The topological polar surface area (TPSA) is 63.4 Å². The molecule has 0 spiro atoms. The summed E-state index contributed by atoms with van der Waals surface area (Å²) in [5.41, 5.74) is 7.69. The second kappa shape index (κ2) is 5.21. The van der Waals surface area contributed by atoms with Crippen LogP contribution < -0.4 is 5.73 Å². The van der Waals surface area contributed by atoms with Gasteiger partial charge in [-0.05, 0) is 17.5 Å². The first-order valence-electron chi connectivity index (χ1n) is 6.22. The van der Waals surface area contributed by atoms with E-state index in [4.69, 9.17) is 5.73 Å². The lowest BCUT2D eigenvalue weighted by Gasteiger charge is -2.29. The molecule has 1 aliphatic rings. The zero-order valence-corrected chi connectivity index (χ0v) is 10.6. The van der Waals surface area contributed by atoms with Crippen LogP contribution in [-0.2, 0) is 22.6 Å². The van der Waals surface area contributed by atoms with Gasteiger partial charge in [-0.1, -0.05) is 31.2 Å². The number of nitrogens with zero attached hydrogens (tertiary/aromatic N) is 1. The van der Waals surface area contributed by atoms with Gasteiger partial charge in [0.2, 0.25) is 11.8 Å². The average molecular weight is 246 g/mol. The molecule has 18 heavy (non-hydrogen) atoms. The highest BCUT2D eigenvalue weighted by Crippen LogP contribution is 2.19. The summed E-state index contributed by atoms with van der Waals surface area (Å²) in [6.45, 7) is 3.06. The van der Waals surface area contributed by atoms with Crippen molar-refractivity contribution in [2.45, 2.75) is 26.3 Å². The third kappa shape index (κ3) is 2.70. The highest BCUT2D eigenvalue weighted by Gasteiger charge is 2.23. The molecule has 0 fully saturated rings. The lowest BCUT2D eigenvalue weighted by molar-refractivity contribution is -0.135. The van der Waals surface area contributed by atoms with Gasteiger partial charge in [0.05, 0.1) is 0 Å². The van der Waals surface area contributed by atoms with E-state index in [1.165, 1.54) is 11.1 Å². The predicted octanol–water partition coefficient (Wildman–Crippen LogP) is 1.08. The molecule has 1 heterocycles. The lowest BCUT2D eigenvalue weighted by atomic mass is 9.98. The van der Waals surface area contributed by atoms with Gasteiger partial charge >= 0.3 is 0 Å². The molecule has 2 amide bonds. The Bertz CT molecular complexity index is 471. The molecule has 0 radical (unpaired) electrons. The molecule has 1 aromatic rings. The fourth-order valence-electron chi connectivity index (χ4n) is 2.20. The molecule has 2 N–H and O–H groups in total. The van der Waals surface area contributed by atoms with E-state index >= 15 is 0 Å². The third-order valence-corrected chi connectivity index (χ3v) is 3.45. The van der Waals surface area contributed by atoms with Gasteiger partial charge < -0.3 is 10.6 Å². The summed E-state index contributed by atoms with van der Waals surface area (Å²) in [6.07, 6.45) is 1.09. The number of hydrogen-bond acceptors (Lipinski definition) is 2. The molecule has 0 saturated heterocycles. The first-order valence-corrected chi connectivity index (χ1v) is 6.22. The smallest absolute Gasteiger partial charge is 0.223 e. The summed E-state index contributed by atoms with van der Waals surface area (Å²) in [4.78, 5) is 24.8. The van der Waals surface area contributed by atoms with Crippen LogP contribution in [0, 0.1) is 5.92 Å².